The number of nitrogens with one attached hydrogen (secondary N) is 1. The van der Waals surface area contributed by atoms with E-state index in [9.17, 15) is 4.79 Å². The summed E-state index contributed by atoms with van der Waals surface area (Å²) in [7, 11) is 0. The number of anilines is 1. The lowest BCUT2D eigenvalue weighted by atomic mass is 10.1. The predicted molar refractivity (Wildman–Crippen MR) is 70.4 cm³/mol. The highest BCUT2D eigenvalue weighted by molar-refractivity contribution is 6.10. The van der Waals surface area contributed by atoms with Crippen LogP contribution in [0.25, 0.3) is 0 Å². The molecule has 2 aromatic rings. The second kappa shape index (κ2) is 5.72. The molecule has 19 heavy (non-hydrogen) atoms. The van der Waals surface area contributed by atoms with Crippen molar-refractivity contribution >= 4 is 17.3 Å². The van der Waals surface area contributed by atoms with Crippen molar-refractivity contribution < 1.29 is 10.0 Å². The van der Waals surface area contributed by atoms with Crippen molar-refractivity contribution in [2.75, 3.05) is 5.32 Å². The Hall–Kier alpha value is -2.76. The molecule has 0 saturated heterocycles. The van der Waals surface area contributed by atoms with Gasteiger partial charge in [0.15, 0.2) is 0 Å². The summed E-state index contributed by atoms with van der Waals surface area (Å²) in [6.45, 7) is 1.65. The van der Waals surface area contributed by atoms with Crippen molar-refractivity contribution in [3.63, 3.8) is 0 Å². The van der Waals surface area contributed by atoms with Gasteiger partial charge in [-0.2, -0.15) is 0 Å². The molecule has 1 aromatic heterocycles. The van der Waals surface area contributed by atoms with Crippen LogP contribution in [0.15, 0.2) is 48.1 Å². The summed E-state index contributed by atoms with van der Waals surface area (Å²) in [6, 6.07) is 7.06. The summed E-state index contributed by atoms with van der Waals surface area (Å²) in [6.07, 6.45) is 4.21. The van der Waals surface area contributed by atoms with Crippen molar-refractivity contribution in [1.29, 1.82) is 0 Å². The Labute approximate surface area is 109 Å². The molecular weight excluding hydrogens is 244 g/mol. The molecule has 0 aliphatic heterocycles. The van der Waals surface area contributed by atoms with E-state index in [0.717, 1.165) is 0 Å². The predicted octanol–water partition coefficient (Wildman–Crippen LogP) is 1.93. The Kier molecular flexibility index (Phi) is 3.82. The lowest BCUT2D eigenvalue weighted by Crippen LogP contribution is -2.14. The normalized spacial score (nSPS) is 11.1. The van der Waals surface area contributed by atoms with E-state index in [1.54, 1.807) is 31.2 Å². The van der Waals surface area contributed by atoms with Gasteiger partial charge in [0.25, 0.3) is 5.91 Å². The highest BCUT2D eigenvalue weighted by Crippen LogP contribution is 2.16. The lowest BCUT2D eigenvalue weighted by molar-refractivity contribution is 0.102. The number of para-hydroxylation sites is 1. The minimum Gasteiger partial charge on any atom is -0.411 e. The lowest BCUT2D eigenvalue weighted by Gasteiger charge is -2.09. The van der Waals surface area contributed by atoms with Gasteiger partial charge in [0.2, 0.25) is 0 Å². The molecule has 0 radical (unpaired) electrons. The highest BCUT2D eigenvalue weighted by atomic mass is 16.4. The molecule has 0 saturated carbocycles. The van der Waals surface area contributed by atoms with Gasteiger partial charge in [0.1, 0.15) is 6.33 Å². The van der Waals surface area contributed by atoms with Gasteiger partial charge in [0.05, 0.1) is 17.0 Å². The van der Waals surface area contributed by atoms with Crippen LogP contribution < -0.4 is 5.32 Å². The third-order valence-corrected chi connectivity index (χ3v) is 2.54. The molecule has 2 N–H and O–H groups in total. The van der Waals surface area contributed by atoms with Crippen LogP contribution in [0.4, 0.5) is 5.69 Å². The molecule has 0 bridgehead atoms. The average Bonchev–Trinajstić information content (AvgIpc) is 2.48. The molecule has 6 nitrogen and oxygen atoms in total. The molecule has 6 heteroatoms. The van der Waals surface area contributed by atoms with Crippen LogP contribution in [-0.4, -0.2) is 26.8 Å². The number of hydrogen-bond acceptors (Lipinski definition) is 5. The minimum atomic E-state index is -0.321. The maximum Gasteiger partial charge on any atom is 0.258 e. The number of aromatic nitrogens is 2. The van der Waals surface area contributed by atoms with E-state index < -0.39 is 0 Å². The number of amides is 1. The van der Waals surface area contributed by atoms with Crippen LogP contribution >= 0.6 is 0 Å². The fourth-order valence-electron chi connectivity index (χ4n) is 1.57. The summed E-state index contributed by atoms with van der Waals surface area (Å²) in [5.74, 6) is -0.321. The average molecular weight is 256 g/mol. The standard InChI is InChI=1S/C13H12N4O2/c1-9(17-19)11-4-2-3-5-12(11)16-13(18)10-6-14-8-15-7-10/h2-8,19H,1H3,(H,16,18)/b17-9-. The van der Waals surface area contributed by atoms with Gasteiger partial charge in [-0.3, -0.25) is 4.79 Å². The maximum atomic E-state index is 12.0. The van der Waals surface area contributed by atoms with Crippen LogP contribution in [0.3, 0.4) is 0 Å². The van der Waals surface area contributed by atoms with Gasteiger partial charge in [-0.15, -0.1) is 0 Å². The van der Waals surface area contributed by atoms with Gasteiger partial charge >= 0.3 is 0 Å². The van der Waals surface area contributed by atoms with Crippen molar-refractivity contribution in [1.82, 2.24) is 9.97 Å². The number of rotatable bonds is 3. The third-order valence-electron chi connectivity index (χ3n) is 2.54. The molecule has 96 valence electrons. The first-order chi connectivity index (χ1) is 9.22. The summed E-state index contributed by atoms with van der Waals surface area (Å²) in [4.78, 5) is 19.6. The van der Waals surface area contributed by atoms with E-state index in [4.69, 9.17) is 5.21 Å². The number of oxime groups is 1. The second-order valence-corrected chi connectivity index (χ2v) is 3.81. The summed E-state index contributed by atoms with van der Waals surface area (Å²) in [5.41, 5.74) is 1.98. The van der Waals surface area contributed by atoms with E-state index in [1.165, 1.54) is 18.7 Å². The summed E-state index contributed by atoms with van der Waals surface area (Å²) in [5, 5.41) is 14.7. The Bertz CT molecular complexity index is 611. The van der Waals surface area contributed by atoms with Crippen LogP contribution in [0.1, 0.15) is 22.8 Å². The van der Waals surface area contributed by atoms with Crippen LogP contribution in [0.5, 0.6) is 0 Å². The van der Waals surface area contributed by atoms with E-state index >= 15 is 0 Å². The Balaban J connectivity index is 2.27. The van der Waals surface area contributed by atoms with Gasteiger partial charge < -0.3 is 10.5 Å². The van der Waals surface area contributed by atoms with Gasteiger partial charge in [-0.1, -0.05) is 23.4 Å². The molecule has 0 unspecified atom stereocenters. The zero-order valence-electron chi connectivity index (χ0n) is 10.2. The SMILES string of the molecule is C/C(=N/O)c1ccccc1NC(=O)c1cncnc1. The molecule has 0 aliphatic carbocycles. The maximum absolute atomic E-state index is 12.0. The minimum absolute atomic E-state index is 0.321. The molecule has 0 aliphatic rings. The quantitative estimate of drug-likeness (QED) is 0.499. The van der Waals surface area contributed by atoms with E-state index in [0.29, 0.717) is 22.5 Å². The molecular formula is C13H12N4O2. The van der Waals surface area contributed by atoms with Crippen molar-refractivity contribution in [3.05, 3.63) is 54.1 Å². The number of hydrogen-bond donors (Lipinski definition) is 2. The number of nitrogens with zero attached hydrogens (tertiary/aromatic N) is 3. The Morgan fingerprint density at radius 2 is 1.95 bits per heavy atom. The molecule has 2 rings (SSSR count). The first-order valence-corrected chi connectivity index (χ1v) is 5.57. The van der Waals surface area contributed by atoms with Gasteiger partial charge in [-0.25, -0.2) is 9.97 Å². The molecule has 0 fully saturated rings. The fraction of sp³-hybridized carbons (Fsp3) is 0.0769. The molecule has 0 spiro atoms. The van der Waals surface area contributed by atoms with Crippen LogP contribution in [0, 0.1) is 0 Å². The van der Waals surface area contributed by atoms with Crippen molar-refractivity contribution in [3.8, 4) is 0 Å². The zero-order chi connectivity index (χ0) is 13.7. The summed E-state index contributed by atoms with van der Waals surface area (Å²) < 4.78 is 0. The van der Waals surface area contributed by atoms with E-state index in [2.05, 4.69) is 20.4 Å². The first-order valence-electron chi connectivity index (χ1n) is 5.57. The van der Waals surface area contributed by atoms with E-state index in [1.807, 2.05) is 0 Å². The molecule has 1 amide bonds. The zero-order valence-corrected chi connectivity index (χ0v) is 10.2. The molecule has 1 heterocycles. The van der Waals surface area contributed by atoms with Gasteiger partial charge in [-0.05, 0) is 13.0 Å². The second-order valence-electron chi connectivity index (χ2n) is 3.81. The Morgan fingerprint density at radius 3 is 2.63 bits per heavy atom. The topological polar surface area (TPSA) is 87.5 Å². The third kappa shape index (κ3) is 2.92. The molecule has 0 atom stereocenters. The first kappa shape index (κ1) is 12.7. The van der Waals surface area contributed by atoms with Crippen LogP contribution in [-0.2, 0) is 0 Å². The Morgan fingerprint density at radius 1 is 1.26 bits per heavy atom. The smallest absolute Gasteiger partial charge is 0.258 e. The summed E-state index contributed by atoms with van der Waals surface area (Å²) >= 11 is 0. The van der Waals surface area contributed by atoms with Crippen molar-refractivity contribution in [2.45, 2.75) is 6.92 Å². The molecule has 1 aromatic carbocycles. The fourth-order valence-corrected chi connectivity index (χ4v) is 1.57. The number of carbonyl (C=O) groups excluding carboxylic acids is 1. The number of carbonyl (C=O) groups is 1. The highest BCUT2D eigenvalue weighted by Gasteiger charge is 2.10. The van der Waals surface area contributed by atoms with E-state index in [-0.39, 0.29) is 5.91 Å². The van der Waals surface area contributed by atoms with Crippen molar-refractivity contribution in [2.24, 2.45) is 5.16 Å². The monoisotopic (exact) mass is 256 g/mol. The van der Waals surface area contributed by atoms with Crippen LogP contribution in [0.2, 0.25) is 0 Å². The number of benzene rings is 1. The van der Waals surface area contributed by atoms with Gasteiger partial charge in [0, 0.05) is 18.0 Å². The largest absolute Gasteiger partial charge is 0.411 e.